The number of halogens is 1. The molecule has 6 nitrogen and oxygen atoms in total. The average molecular weight is 399 g/mol. The Morgan fingerprint density at radius 2 is 1.89 bits per heavy atom. The molecule has 3 aromatic rings. The van der Waals surface area contributed by atoms with Gasteiger partial charge in [-0.1, -0.05) is 12.1 Å². The molecule has 0 bridgehead atoms. The molecule has 3 rings (SSSR count). The van der Waals surface area contributed by atoms with Gasteiger partial charge in [0.25, 0.3) is 0 Å². The predicted octanol–water partition coefficient (Wildman–Crippen LogP) is 3.25. The Hall–Kier alpha value is -2.87. The second-order valence-corrected chi connectivity index (χ2v) is 7.18. The molecular weight excluding hydrogens is 375 g/mol. The number of rotatable bonds is 8. The lowest BCUT2D eigenvalue weighted by atomic mass is 10.2. The van der Waals surface area contributed by atoms with Crippen LogP contribution in [0.25, 0.3) is 5.69 Å². The van der Waals surface area contributed by atoms with Gasteiger partial charge < -0.3 is 10.6 Å². The molecule has 146 valence electrons. The molecule has 0 atom stereocenters. The van der Waals surface area contributed by atoms with Crippen LogP contribution in [0.1, 0.15) is 12.0 Å². The third-order valence-corrected chi connectivity index (χ3v) is 5.10. The number of hydrogen-bond acceptors (Lipinski definition) is 4. The van der Waals surface area contributed by atoms with Gasteiger partial charge in [-0.15, -0.1) is 11.8 Å². The van der Waals surface area contributed by atoms with Crippen LogP contribution in [0.4, 0.5) is 4.39 Å². The molecule has 0 spiro atoms. The third kappa shape index (κ3) is 6.09. The molecule has 0 saturated heterocycles. The molecule has 1 aromatic heterocycles. The Morgan fingerprint density at radius 3 is 2.57 bits per heavy atom. The van der Waals surface area contributed by atoms with Crippen LogP contribution in [0, 0.1) is 5.82 Å². The molecular formula is C20H23FN6S. The van der Waals surface area contributed by atoms with Crippen LogP contribution in [-0.4, -0.2) is 40.1 Å². The molecule has 28 heavy (non-hydrogen) atoms. The second kappa shape index (κ2) is 10.5. The SMILES string of the molecule is CN=C(NCCCSc1ccc(F)cc1)NCc1ccc(-n2cncn2)cc1. The molecule has 0 radical (unpaired) electrons. The van der Waals surface area contributed by atoms with Gasteiger partial charge in [0.1, 0.15) is 18.5 Å². The number of benzene rings is 2. The van der Waals surface area contributed by atoms with Crippen molar-refractivity contribution in [2.45, 2.75) is 17.9 Å². The summed E-state index contributed by atoms with van der Waals surface area (Å²) in [7, 11) is 1.76. The van der Waals surface area contributed by atoms with Crippen LogP contribution >= 0.6 is 11.8 Å². The fourth-order valence-electron chi connectivity index (χ4n) is 2.51. The maximum absolute atomic E-state index is 12.9. The summed E-state index contributed by atoms with van der Waals surface area (Å²) in [6.45, 7) is 1.50. The van der Waals surface area contributed by atoms with Gasteiger partial charge >= 0.3 is 0 Å². The summed E-state index contributed by atoms with van der Waals surface area (Å²) in [6.07, 6.45) is 4.17. The normalized spacial score (nSPS) is 11.4. The van der Waals surface area contributed by atoms with Crippen molar-refractivity contribution in [1.82, 2.24) is 25.4 Å². The minimum absolute atomic E-state index is 0.200. The Morgan fingerprint density at radius 1 is 1.11 bits per heavy atom. The summed E-state index contributed by atoms with van der Waals surface area (Å²) in [5.41, 5.74) is 2.13. The van der Waals surface area contributed by atoms with Crippen molar-refractivity contribution < 1.29 is 4.39 Å². The molecule has 0 fully saturated rings. The van der Waals surface area contributed by atoms with Crippen molar-refractivity contribution in [3.63, 3.8) is 0 Å². The molecule has 2 N–H and O–H groups in total. The maximum Gasteiger partial charge on any atom is 0.191 e. The van der Waals surface area contributed by atoms with Crippen molar-refractivity contribution in [2.75, 3.05) is 19.3 Å². The third-order valence-electron chi connectivity index (χ3n) is 4.00. The lowest BCUT2D eigenvalue weighted by molar-refractivity contribution is 0.626. The highest BCUT2D eigenvalue weighted by Crippen LogP contribution is 2.18. The van der Waals surface area contributed by atoms with Crippen molar-refractivity contribution in [3.05, 3.63) is 72.6 Å². The van der Waals surface area contributed by atoms with Crippen LogP contribution < -0.4 is 10.6 Å². The van der Waals surface area contributed by atoms with E-state index in [1.807, 2.05) is 24.3 Å². The molecule has 0 amide bonds. The van der Waals surface area contributed by atoms with Gasteiger partial charge in [0.15, 0.2) is 5.96 Å². The first-order valence-corrected chi connectivity index (χ1v) is 10.00. The molecule has 0 aliphatic carbocycles. The van der Waals surface area contributed by atoms with Crippen molar-refractivity contribution in [1.29, 1.82) is 0 Å². The van der Waals surface area contributed by atoms with Crippen LogP contribution in [0.2, 0.25) is 0 Å². The van der Waals surface area contributed by atoms with Gasteiger partial charge in [-0.25, -0.2) is 14.1 Å². The van der Waals surface area contributed by atoms with Crippen molar-refractivity contribution in [3.8, 4) is 5.69 Å². The zero-order valence-corrected chi connectivity index (χ0v) is 16.5. The Bertz CT molecular complexity index is 863. The van der Waals surface area contributed by atoms with Crippen LogP contribution in [0.3, 0.4) is 0 Å². The van der Waals surface area contributed by atoms with Crippen molar-refractivity contribution in [2.24, 2.45) is 4.99 Å². The van der Waals surface area contributed by atoms with Crippen molar-refractivity contribution >= 4 is 17.7 Å². The highest BCUT2D eigenvalue weighted by Gasteiger charge is 2.01. The highest BCUT2D eigenvalue weighted by molar-refractivity contribution is 7.99. The summed E-state index contributed by atoms with van der Waals surface area (Å²) >= 11 is 1.72. The van der Waals surface area contributed by atoms with E-state index in [-0.39, 0.29) is 5.82 Å². The number of guanidine groups is 1. The highest BCUT2D eigenvalue weighted by atomic mass is 32.2. The summed E-state index contributed by atoms with van der Waals surface area (Å²) in [5.74, 6) is 1.53. The zero-order valence-electron chi connectivity index (χ0n) is 15.7. The summed E-state index contributed by atoms with van der Waals surface area (Å²) in [4.78, 5) is 9.28. The number of aromatic nitrogens is 3. The Balaban J connectivity index is 1.35. The summed E-state index contributed by atoms with van der Waals surface area (Å²) in [6, 6.07) is 14.7. The fraction of sp³-hybridized carbons (Fsp3) is 0.250. The van der Waals surface area contributed by atoms with Gasteiger partial charge in [0, 0.05) is 25.0 Å². The average Bonchev–Trinajstić information content (AvgIpc) is 3.27. The first kappa shape index (κ1) is 19.9. The smallest absolute Gasteiger partial charge is 0.191 e. The van der Waals surface area contributed by atoms with E-state index in [0.717, 1.165) is 40.8 Å². The van der Waals surface area contributed by atoms with E-state index >= 15 is 0 Å². The molecule has 8 heteroatoms. The number of nitrogens with zero attached hydrogens (tertiary/aromatic N) is 4. The number of hydrogen-bond donors (Lipinski definition) is 2. The fourth-order valence-corrected chi connectivity index (χ4v) is 3.37. The largest absolute Gasteiger partial charge is 0.356 e. The van der Waals surface area contributed by atoms with E-state index in [9.17, 15) is 4.39 Å². The van der Waals surface area contributed by atoms with E-state index < -0.39 is 0 Å². The number of thioether (sulfide) groups is 1. The van der Waals surface area contributed by atoms with Gasteiger partial charge in [-0.3, -0.25) is 4.99 Å². The van der Waals surface area contributed by atoms with Gasteiger partial charge in [0.05, 0.1) is 5.69 Å². The Kier molecular flexibility index (Phi) is 7.43. The monoisotopic (exact) mass is 398 g/mol. The first-order chi connectivity index (χ1) is 13.7. The van der Waals surface area contributed by atoms with Gasteiger partial charge in [0.2, 0.25) is 0 Å². The van der Waals surface area contributed by atoms with Gasteiger partial charge in [-0.05, 0) is 54.1 Å². The topological polar surface area (TPSA) is 67.1 Å². The lowest BCUT2D eigenvalue weighted by Crippen LogP contribution is -2.37. The molecule has 0 unspecified atom stereocenters. The number of aliphatic imine (C=N–C) groups is 1. The second-order valence-electron chi connectivity index (χ2n) is 6.01. The van der Waals surface area contributed by atoms with Crippen LogP contribution in [-0.2, 0) is 6.54 Å². The minimum Gasteiger partial charge on any atom is -0.356 e. The maximum atomic E-state index is 12.9. The van der Waals surface area contributed by atoms with Crippen LogP contribution in [0.15, 0.2) is 71.1 Å². The van der Waals surface area contributed by atoms with Gasteiger partial charge in [-0.2, -0.15) is 5.10 Å². The number of nitrogens with one attached hydrogen (secondary N) is 2. The molecule has 0 aliphatic heterocycles. The molecule has 0 saturated carbocycles. The summed E-state index contributed by atoms with van der Waals surface area (Å²) < 4.78 is 14.6. The van der Waals surface area contributed by atoms with E-state index in [2.05, 4.69) is 37.8 Å². The molecule has 0 aliphatic rings. The first-order valence-electron chi connectivity index (χ1n) is 9.01. The van der Waals surface area contributed by atoms with E-state index in [1.54, 1.807) is 29.8 Å². The molecule has 2 aromatic carbocycles. The summed E-state index contributed by atoms with van der Waals surface area (Å²) in [5, 5.41) is 10.7. The predicted molar refractivity (Wildman–Crippen MR) is 111 cm³/mol. The van der Waals surface area contributed by atoms with E-state index in [4.69, 9.17) is 0 Å². The van der Waals surface area contributed by atoms with Crippen LogP contribution in [0.5, 0.6) is 0 Å². The molecule has 1 heterocycles. The lowest BCUT2D eigenvalue weighted by Gasteiger charge is -2.12. The quantitative estimate of drug-likeness (QED) is 0.264. The minimum atomic E-state index is -0.200. The standard InChI is InChI=1S/C20H23FN6S/c1-22-20(24-11-2-12-28-19-9-5-17(21)6-10-19)25-13-16-3-7-18(8-4-16)27-15-23-14-26-27/h3-10,14-15H,2,11-13H2,1H3,(H2,22,24,25). The van der Waals surface area contributed by atoms with E-state index in [1.165, 1.54) is 18.5 Å². The van der Waals surface area contributed by atoms with E-state index in [0.29, 0.717) is 6.54 Å². The zero-order chi connectivity index (χ0) is 19.6. The Labute approximate surface area is 168 Å².